The molecule has 1 aliphatic heterocycles. The van der Waals surface area contributed by atoms with E-state index in [2.05, 4.69) is 51.7 Å². The van der Waals surface area contributed by atoms with Gasteiger partial charge in [0.1, 0.15) is 5.75 Å². The third-order valence-corrected chi connectivity index (χ3v) is 4.96. The zero-order chi connectivity index (χ0) is 15.3. The first kappa shape index (κ1) is 14.6. The molecule has 0 radical (unpaired) electrons. The highest BCUT2D eigenvalue weighted by molar-refractivity contribution is 5.99. The van der Waals surface area contributed by atoms with E-state index in [0.29, 0.717) is 5.41 Å². The van der Waals surface area contributed by atoms with Gasteiger partial charge in [-0.05, 0) is 56.2 Å². The third-order valence-electron chi connectivity index (χ3n) is 4.96. The molecule has 0 unspecified atom stereocenters. The lowest BCUT2D eigenvalue weighted by atomic mass is 9.79. The molecule has 2 heteroatoms. The molecule has 1 saturated carbocycles. The monoisotopic (exact) mass is 285 g/mol. The van der Waals surface area contributed by atoms with Crippen molar-refractivity contribution in [1.29, 1.82) is 0 Å². The molecule has 0 saturated heterocycles. The summed E-state index contributed by atoms with van der Waals surface area (Å²) in [5.41, 5.74) is 5.72. The maximum Gasteiger partial charge on any atom is 0.126 e. The van der Waals surface area contributed by atoms with Crippen LogP contribution in [0, 0.1) is 0 Å². The van der Waals surface area contributed by atoms with Gasteiger partial charge < -0.3 is 4.74 Å². The van der Waals surface area contributed by atoms with Crippen LogP contribution in [0.3, 0.4) is 0 Å². The summed E-state index contributed by atoms with van der Waals surface area (Å²) >= 11 is 0. The summed E-state index contributed by atoms with van der Waals surface area (Å²) in [4.78, 5) is 4.61. The van der Waals surface area contributed by atoms with E-state index in [9.17, 15) is 0 Å². The van der Waals surface area contributed by atoms with Gasteiger partial charge in [-0.3, -0.25) is 4.99 Å². The molecule has 0 bridgehead atoms. The first-order valence-corrected chi connectivity index (χ1v) is 8.21. The Morgan fingerprint density at radius 3 is 2.52 bits per heavy atom. The molecule has 1 heterocycles. The largest absolute Gasteiger partial charge is 0.493 e. The van der Waals surface area contributed by atoms with Gasteiger partial charge in [0.05, 0.1) is 6.61 Å². The fourth-order valence-corrected chi connectivity index (χ4v) is 3.43. The highest BCUT2D eigenvalue weighted by Gasteiger charge is 2.49. The molecule has 1 aromatic rings. The van der Waals surface area contributed by atoms with Crippen molar-refractivity contribution in [3.05, 3.63) is 28.8 Å². The number of fused-ring (bicyclic) bond motifs is 2. The van der Waals surface area contributed by atoms with Gasteiger partial charge in [0.25, 0.3) is 0 Å². The van der Waals surface area contributed by atoms with Gasteiger partial charge in [0, 0.05) is 28.8 Å². The highest BCUT2D eigenvalue weighted by atomic mass is 16.5. The molecular formula is C19H27NO. The minimum atomic E-state index is 0.0972. The van der Waals surface area contributed by atoms with Crippen molar-refractivity contribution in [3.63, 3.8) is 0 Å². The lowest BCUT2D eigenvalue weighted by Gasteiger charge is -2.32. The van der Waals surface area contributed by atoms with Crippen LogP contribution in [0.15, 0.2) is 17.1 Å². The van der Waals surface area contributed by atoms with Crippen LogP contribution < -0.4 is 4.74 Å². The maximum absolute atomic E-state index is 6.11. The zero-order valence-corrected chi connectivity index (χ0v) is 14.0. The summed E-state index contributed by atoms with van der Waals surface area (Å²) in [6.45, 7) is 12.8. The van der Waals surface area contributed by atoms with Crippen molar-refractivity contribution >= 4 is 5.71 Å². The summed E-state index contributed by atoms with van der Waals surface area (Å²) in [6, 6.07) is 4.65. The predicted octanol–water partition coefficient (Wildman–Crippen LogP) is 4.63. The number of ether oxygens (including phenoxy) is 1. The van der Waals surface area contributed by atoms with Crippen molar-refractivity contribution < 1.29 is 4.74 Å². The molecular weight excluding hydrogens is 258 g/mol. The van der Waals surface area contributed by atoms with Crippen molar-refractivity contribution in [2.75, 3.05) is 13.2 Å². The van der Waals surface area contributed by atoms with Crippen LogP contribution >= 0.6 is 0 Å². The number of aliphatic imine (C=N–C) groups is 1. The number of hydrogen-bond acceptors (Lipinski definition) is 2. The van der Waals surface area contributed by atoms with Crippen molar-refractivity contribution in [2.24, 2.45) is 4.99 Å². The van der Waals surface area contributed by atoms with E-state index in [1.807, 2.05) is 0 Å². The number of hydrogen-bond donors (Lipinski definition) is 0. The molecule has 3 rings (SSSR count). The summed E-state index contributed by atoms with van der Waals surface area (Å²) in [7, 11) is 0. The SMILES string of the molecule is CCN=C(C)c1cc(C(C)(C)C)c2c(c1)C1(CCO2)CC1. The lowest BCUT2D eigenvalue weighted by Crippen LogP contribution is -2.25. The minimum Gasteiger partial charge on any atom is -0.493 e. The van der Waals surface area contributed by atoms with Crippen LogP contribution in [0.1, 0.15) is 70.6 Å². The van der Waals surface area contributed by atoms with Crippen molar-refractivity contribution in [1.82, 2.24) is 0 Å². The van der Waals surface area contributed by atoms with Crippen LogP contribution in [-0.2, 0) is 10.8 Å². The van der Waals surface area contributed by atoms with Gasteiger partial charge in [-0.25, -0.2) is 0 Å². The molecule has 1 aliphatic carbocycles. The normalized spacial score (nSPS) is 20.1. The average molecular weight is 285 g/mol. The summed E-state index contributed by atoms with van der Waals surface area (Å²) in [5.74, 6) is 1.17. The highest BCUT2D eigenvalue weighted by Crippen LogP contribution is 2.57. The Hall–Kier alpha value is -1.31. The average Bonchev–Trinajstić information content (AvgIpc) is 3.18. The lowest BCUT2D eigenvalue weighted by molar-refractivity contribution is 0.253. The Kier molecular flexibility index (Phi) is 3.38. The predicted molar refractivity (Wildman–Crippen MR) is 88.9 cm³/mol. The van der Waals surface area contributed by atoms with Crippen LogP contribution in [0.2, 0.25) is 0 Å². The van der Waals surface area contributed by atoms with E-state index >= 15 is 0 Å². The van der Waals surface area contributed by atoms with E-state index in [4.69, 9.17) is 4.74 Å². The Labute approximate surface area is 128 Å². The van der Waals surface area contributed by atoms with Gasteiger partial charge in [0.15, 0.2) is 0 Å². The number of nitrogens with zero attached hydrogens (tertiary/aromatic N) is 1. The topological polar surface area (TPSA) is 21.6 Å². The van der Waals surface area contributed by atoms with Crippen molar-refractivity contribution in [2.45, 2.75) is 64.7 Å². The maximum atomic E-state index is 6.11. The Bertz CT molecular complexity index is 571. The molecule has 1 spiro atoms. The second-order valence-corrected chi connectivity index (χ2v) is 7.59. The standard InChI is InChI=1S/C19H27NO/c1-6-20-13(2)14-11-15(18(3,4)5)17-16(12-14)19(7-8-19)9-10-21-17/h11-12H,6-10H2,1-5H3. The van der Waals surface area contributed by atoms with Crippen LogP contribution in [0.5, 0.6) is 5.75 Å². The van der Waals surface area contributed by atoms with Gasteiger partial charge in [-0.15, -0.1) is 0 Å². The number of rotatable bonds is 2. The number of benzene rings is 1. The molecule has 0 amide bonds. The second-order valence-electron chi connectivity index (χ2n) is 7.59. The van der Waals surface area contributed by atoms with Crippen LogP contribution in [-0.4, -0.2) is 18.9 Å². The molecule has 2 aliphatic rings. The molecule has 1 fully saturated rings. The van der Waals surface area contributed by atoms with E-state index in [1.54, 1.807) is 0 Å². The molecule has 0 N–H and O–H groups in total. The molecule has 0 atom stereocenters. The van der Waals surface area contributed by atoms with Gasteiger partial charge in [0.2, 0.25) is 0 Å². The molecule has 1 aromatic carbocycles. The molecule has 2 nitrogen and oxygen atoms in total. The van der Waals surface area contributed by atoms with Crippen molar-refractivity contribution in [3.8, 4) is 5.75 Å². The van der Waals surface area contributed by atoms with Crippen LogP contribution in [0.4, 0.5) is 0 Å². The second kappa shape index (κ2) is 4.86. The van der Waals surface area contributed by atoms with Gasteiger partial charge in [-0.1, -0.05) is 20.8 Å². The first-order valence-electron chi connectivity index (χ1n) is 8.21. The smallest absolute Gasteiger partial charge is 0.126 e. The van der Waals surface area contributed by atoms with E-state index in [1.165, 1.54) is 41.7 Å². The first-order chi connectivity index (χ1) is 9.87. The fraction of sp³-hybridized carbons (Fsp3) is 0.632. The van der Waals surface area contributed by atoms with Gasteiger partial charge >= 0.3 is 0 Å². The Morgan fingerprint density at radius 2 is 1.95 bits per heavy atom. The molecule has 21 heavy (non-hydrogen) atoms. The quantitative estimate of drug-likeness (QED) is 0.726. The summed E-state index contributed by atoms with van der Waals surface area (Å²) < 4.78 is 6.11. The molecule has 0 aromatic heterocycles. The molecule has 114 valence electrons. The van der Waals surface area contributed by atoms with E-state index in [0.717, 1.165) is 18.9 Å². The van der Waals surface area contributed by atoms with E-state index < -0.39 is 0 Å². The third kappa shape index (κ3) is 2.49. The summed E-state index contributed by atoms with van der Waals surface area (Å²) in [6.07, 6.45) is 3.82. The Morgan fingerprint density at radius 1 is 1.24 bits per heavy atom. The van der Waals surface area contributed by atoms with E-state index in [-0.39, 0.29) is 5.41 Å². The minimum absolute atomic E-state index is 0.0972. The van der Waals surface area contributed by atoms with Gasteiger partial charge in [-0.2, -0.15) is 0 Å². The summed E-state index contributed by atoms with van der Waals surface area (Å²) in [5, 5.41) is 0. The Balaban J connectivity index is 2.20. The van der Waals surface area contributed by atoms with Crippen LogP contribution in [0.25, 0.3) is 0 Å². The zero-order valence-electron chi connectivity index (χ0n) is 14.0. The fourth-order valence-electron chi connectivity index (χ4n) is 3.43.